The summed E-state index contributed by atoms with van der Waals surface area (Å²) in [6, 6.07) is 4.10. The summed E-state index contributed by atoms with van der Waals surface area (Å²) < 4.78 is 0. The molecule has 0 spiro atoms. The molecule has 1 heterocycles. The zero-order valence-corrected chi connectivity index (χ0v) is 11.8. The number of nitro groups is 1. The molecule has 1 atom stereocenters. The quantitative estimate of drug-likeness (QED) is 0.430. The molecule has 7 nitrogen and oxygen atoms in total. The zero-order valence-electron chi connectivity index (χ0n) is 11.8. The highest BCUT2D eigenvalue weighted by Gasteiger charge is 2.16. The van der Waals surface area contributed by atoms with E-state index in [1.165, 1.54) is 31.0 Å². The molecule has 2 rings (SSSR count). The number of carbonyl (C=O) groups is 1. The Balaban J connectivity index is 1.88. The van der Waals surface area contributed by atoms with Crippen LogP contribution in [0.4, 0.5) is 11.4 Å². The average Bonchev–Trinajstić information content (AvgIpc) is 2.48. The van der Waals surface area contributed by atoms with E-state index in [0.717, 1.165) is 19.5 Å². The van der Waals surface area contributed by atoms with E-state index in [4.69, 9.17) is 5.73 Å². The number of rotatable bonds is 5. The van der Waals surface area contributed by atoms with Crippen LogP contribution >= 0.6 is 0 Å². The van der Waals surface area contributed by atoms with Gasteiger partial charge in [-0.05, 0) is 50.4 Å². The number of amides is 1. The number of nitrogens with two attached hydrogens (primary N) is 1. The van der Waals surface area contributed by atoms with Gasteiger partial charge in [-0.1, -0.05) is 0 Å². The van der Waals surface area contributed by atoms with Crippen LogP contribution < -0.4 is 16.4 Å². The molecule has 1 fully saturated rings. The van der Waals surface area contributed by atoms with Crippen molar-refractivity contribution in [1.29, 1.82) is 0 Å². The Hall–Kier alpha value is -2.15. The van der Waals surface area contributed by atoms with Crippen molar-refractivity contribution < 1.29 is 9.72 Å². The van der Waals surface area contributed by atoms with E-state index < -0.39 is 4.92 Å². The third-order valence-corrected chi connectivity index (χ3v) is 3.73. The summed E-state index contributed by atoms with van der Waals surface area (Å²) >= 11 is 0. The molecule has 7 heteroatoms. The minimum atomic E-state index is -0.584. The van der Waals surface area contributed by atoms with Gasteiger partial charge in [0.15, 0.2) is 0 Å². The molecule has 1 aromatic rings. The second kappa shape index (κ2) is 7.03. The molecule has 0 saturated carbocycles. The van der Waals surface area contributed by atoms with Crippen LogP contribution in [0.3, 0.4) is 0 Å². The molecule has 0 radical (unpaired) electrons. The van der Waals surface area contributed by atoms with Gasteiger partial charge in [0.25, 0.3) is 11.6 Å². The highest BCUT2D eigenvalue weighted by atomic mass is 16.6. The molecule has 1 saturated heterocycles. The molecule has 1 aliphatic rings. The number of nitrogen functional groups attached to an aromatic ring is 1. The molecule has 1 amide bonds. The highest BCUT2D eigenvalue weighted by Crippen LogP contribution is 2.22. The van der Waals surface area contributed by atoms with Crippen LogP contribution in [0.1, 0.15) is 29.6 Å². The summed E-state index contributed by atoms with van der Waals surface area (Å²) in [5, 5.41) is 16.9. The van der Waals surface area contributed by atoms with E-state index in [1.54, 1.807) is 0 Å². The third-order valence-electron chi connectivity index (χ3n) is 3.73. The van der Waals surface area contributed by atoms with Crippen molar-refractivity contribution in [2.75, 3.05) is 25.4 Å². The van der Waals surface area contributed by atoms with Crippen molar-refractivity contribution in [3.8, 4) is 0 Å². The highest BCUT2D eigenvalue weighted by molar-refractivity contribution is 5.95. The summed E-state index contributed by atoms with van der Waals surface area (Å²) in [4.78, 5) is 22.2. The number of nitrogens with one attached hydrogen (secondary N) is 2. The summed E-state index contributed by atoms with van der Waals surface area (Å²) in [7, 11) is 0. The Morgan fingerprint density at radius 3 is 3.00 bits per heavy atom. The van der Waals surface area contributed by atoms with E-state index in [1.807, 2.05) is 0 Å². The maximum absolute atomic E-state index is 12.0. The van der Waals surface area contributed by atoms with Crippen LogP contribution in [0.15, 0.2) is 18.2 Å². The van der Waals surface area contributed by atoms with Gasteiger partial charge in [0.1, 0.15) is 5.69 Å². The van der Waals surface area contributed by atoms with Crippen LogP contribution in [0, 0.1) is 16.0 Å². The Morgan fingerprint density at radius 1 is 1.52 bits per heavy atom. The van der Waals surface area contributed by atoms with Crippen LogP contribution in [0.5, 0.6) is 0 Å². The number of piperidine rings is 1. The lowest BCUT2D eigenvalue weighted by Crippen LogP contribution is -2.33. The van der Waals surface area contributed by atoms with Crippen LogP contribution in [-0.2, 0) is 0 Å². The van der Waals surface area contributed by atoms with Gasteiger partial charge in [-0.3, -0.25) is 14.9 Å². The van der Waals surface area contributed by atoms with Gasteiger partial charge < -0.3 is 16.4 Å². The van der Waals surface area contributed by atoms with Crippen molar-refractivity contribution in [1.82, 2.24) is 10.6 Å². The van der Waals surface area contributed by atoms with E-state index in [0.29, 0.717) is 12.5 Å². The summed E-state index contributed by atoms with van der Waals surface area (Å²) in [5.74, 6) is 0.279. The second-order valence-corrected chi connectivity index (χ2v) is 5.29. The van der Waals surface area contributed by atoms with Crippen LogP contribution in [0.2, 0.25) is 0 Å². The van der Waals surface area contributed by atoms with Crippen LogP contribution in [0.25, 0.3) is 0 Å². The fourth-order valence-electron chi connectivity index (χ4n) is 2.51. The van der Waals surface area contributed by atoms with Crippen molar-refractivity contribution >= 4 is 17.3 Å². The van der Waals surface area contributed by atoms with Gasteiger partial charge in [0.2, 0.25) is 0 Å². The van der Waals surface area contributed by atoms with Gasteiger partial charge in [0, 0.05) is 18.2 Å². The Kier molecular flexibility index (Phi) is 5.10. The summed E-state index contributed by atoms with van der Waals surface area (Å²) in [6.45, 7) is 2.63. The fourth-order valence-corrected chi connectivity index (χ4v) is 2.51. The molecule has 0 aromatic heterocycles. The maximum Gasteiger partial charge on any atom is 0.292 e. The van der Waals surface area contributed by atoms with Gasteiger partial charge >= 0.3 is 0 Å². The second-order valence-electron chi connectivity index (χ2n) is 5.29. The molecule has 1 aromatic carbocycles. The van der Waals surface area contributed by atoms with Crippen molar-refractivity contribution in [3.63, 3.8) is 0 Å². The first kappa shape index (κ1) is 15.2. The molecule has 1 aliphatic heterocycles. The Bertz CT molecular complexity index is 527. The number of nitrogens with zero attached hydrogens (tertiary/aromatic N) is 1. The first-order valence-corrected chi connectivity index (χ1v) is 7.10. The van der Waals surface area contributed by atoms with Crippen LogP contribution in [-0.4, -0.2) is 30.5 Å². The molecule has 21 heavy (non-hydrogen) atoms. The normalized spacial score (nSPS) is 18.2. The number of anilines is 1. The summed E-state index contributed by atoms with van der Waals surface area (Å²) in [5.41, 5.74) is 5.59. The fraction of sp³-hybridized carbons (Fsp3) is 0.500. The molecule has 114 valence electrons. The SMILES string of the molecule is Nc1ccc(C(=O)NCCC2CCCNC2)cc1[N+](=O)[O-]. The third kappa shape index (κ3) is 4.16. The minimum absolute atomic E-state index is 0.0600. The first-order chi connectivity index (χ1) is 10.1. The van der Waals surface area contributed by atoms with E-state index in [9.17, 15) is 14.9 Å². The van der Waals surface area contributed by atoms with E-state index >= 15 is 0 Å². The topological polar surface area (TPSA) is 110 Å². The predicted molar refractivity (Wildman–Crippen MR) is 80.1 cm³/mol. The van der Waals surface area contributed by atoms with E-state index in [2.05, 4.69) is 10.6 Å². The lowest BCUT2D eigenvalue weighted by Gasteiger charge is -2.22. The van der Waals surface area contributed by atoms with Crippen molar-refractivity contribution in [2.24, 2.45) is 5.92 Å². The largest absolute Gasteiger partial charge is 0.393 e. The molecule has 0 bridgehead atoms. The number of carbonyl (C=O) groups excluding carboxylic acids is 1. The predicted octanol–water partition coefficient (Wildman–Crippen LogP) is 1.30. The Morgan fingerprint density at radius 2 is 2.33 bits per heavy atom. The Labute approximate surface area is 123 Å². The molecule has 0 aliphatic carbocycles. The van der Waals surface area contributed by atoms with Gasteiger partial charge in [0.05, 0.1) is 4.92 Å². The van der Waals surface area contributed by atoms with Crippen molar-refractivity contribution in [2.45, 2.75) is 19.3 Å². The number of benzene rings is 1. The average molecular weight is 292 g/mol. The zero-order chi connectivity index (χ0) is 15.2. The van der Waals surface area contributed by atoms with Crippen molar-refractivity contribution in [3.05, 3.63) is 33.9 Å². The number of hydrogen-bond acceptors (Lipinski definition) is 5. The minimum Gasteiger partial charge on any atom is -0.393 e. The molecule has 4 N–H and O–H groups in total. The number of nitro benzene ring substituents is 1. The van der Waals surface area contributed by atoms with Gasteiger partial charge in [-0.15, -0.1) is 0 Å². The van der Waals surface area contributed by atoms with E-state index in [-0.39, 0.29) is 22.8 Å². The molecular formula is C14H20N4O3. The first-order valence-electron chi connectivity index (χ1n) is 7.10. The molecular weight excluding hydrogens is 272 g/mol. The maximum atomic E-state index is 12.0. The lowest BCUT2D eigenvalue weighted by molar-refractivity contribution is -0.383. The van der Waals surface area contributed by atoms with Gasteiger partial charge in [-0.25, -0.2) is 0 Å². The monoisotopic (exact) mass is 292 g/mol. The standard InChI is InChI=1S/C14H20N4O3/c15-12-4-3-11(8-13(12)18(20)21)14(19)17-7-5-10-2-1-6-16-9-10/h3-4,8,10,16H,1-2,5-7,9,15H2,(H,17,19). The number of hydrogen-bond donors (Lipinski definition) is 3. The van der Waals surface area contributed by atoms with Gasteiger partial charge in [-0.2, -0.15) is 0 Å². The smallest absolute Gasteiger partial charge is 0.292 e. The summed E-state index contributed by atoms with van der Waals surface area (Å²) in [6.07, 6.45) is 3.26. The molecule has 1 unspecified atom stereocenters. The lowest BCUT2D eigenvalue weighted by atomic mass is 9.96.